The summed E-state index contributed by atoms with van der Waals surface area (Å²) in [6.45, 7) is 7.88. The maximum absolute atomic E-state index is 13.8. The number of allylic oxidation sites excluding steroid dienone is 1. The number of carbonyl (C=O) groups is 1. The van der Waals surface area contributed by atoms with Crippen LogP contribution in [0.15, 0.2) is 68.9 Å². The Morgan fingerprint density at radius 2 is 1.94 bits per heavy atom. The fourth-order valence-electron chi connectivity index (χ4n) is 4.57. The molecule has 0 saturated heterocycles. The van der Waals surface area contributed by atoms with Crippen LogP contribution in [0.3, 0.4) is 0 Å². The van der Waals surface area contributed by atoms with Crippen molar-refractivity contribution in [1.82, 2.24) is 9.13 Å². The van der Waals surface area contributed by atoms with Crippen LogP contribution in [0.5, 0.6) is 0 Å². The first-order valence-corrected chi connectivity index (χ1v) is 13.6. The van der Waals surface area contributed by atoms with Gasteiger partial charge in [0.25, 0.3) is 5.56 Å². The Hall–Kier alpha value is -3.20. The van der Waals surface area contributed by atoms with Gasteiger partial charge in [0.1, 0.15) is 6.04 Å². The number of benzene rings is 1. The van der Waals surface area contributed by atoms with E-state index in [9.17, 15) is 9.59 Å². The highest BCUT2D eigenvalue weighted by Gasteiger charge is 2.33. The molecule has 0 unspecified atom stereocenters. The Morgan fingerprint density at radius 1 is 1.19 bits per heavy atom. The van der Waals surface area contributed by atoms with Crippen LogP contribution in [0, 0.1) is 13.8 Å². The molecular weight excluding hydrogens is 514 g/mol. The van der Waals surface area contributed by atoms with E-state index in [2.05, 4.69) is 15.6 Å². The normalized spacial score (nSPS) is 15.7. The van der Waals surface area contributed by atoms with E-state index in [0.29, 0.717) is 25.6 Å². The van der Waals surface area contributed by atoms with Crippen LogP contribution in [0.2, 0.25) is 5.02 Å². The van der Waals surface area contributed by atoms with Gasteiger partial charge < -0.3 is 9.30 Å². The van der Waals surface area contributed by atoms with E-state index in [4.69, 9.17) is 16.3 Å². The first-order valence-electron chi connectivity index (χ1n) is 11.5. The van der Waals surface area contributed by atoms with Gasteiger partial charge in [0.15, 0.2) is 4.80 Å². The highest BCUT2D eigenvalue weighted by Crippen LogP contribution is 2.33. The standard InChI is InChI=1S/C27H24ClN3O3S2/c1-5-34-26(33)23-16(3)29-27-31(24(23)21-7-6-12-35-21)25(32)22(36-27)14-18-13-15(2)30(17(18)4)20-10-8-19(28)9-11-20/h6-14,24H,5H2,1-4H3/b22-14+/t24-/m1/s1. The van der Waals surface area contributed by atoms with Crippen LogP contribution in [-0.4, -0.2) is 21.7 Å². The second-order valence-electron chi connectivity index (χ2n) is 8.46. The zero-order valence-electron chi connectivity index (χ0n) is 20.2. The molecule has 4 aromatic rings. The zero-order valence-corrected chi connectivity index (χ0v) is 22.6. The van der Waals surface area contributed by atoms with Crippen molar-refractivity contribution < 1.29 is 9.53 Å². The first kappa shape index (κ1) is 24.5. The number of nitrogens with zero attached hydrogens (tertiary/aromatic N) is 3. The predicted molar refractivity (Wildman–Crippen MR) is 145 cm³/mol. The molecule has 1 aliphatic rings. The van der Waals surface area contributed by atoms with Gasteiger partial charge in [-0.1, -0.05) is 29.0 Å². The van der Waals surface area contributed by atoms with Gasteiger partial charge in [0, 0.05) is 27.0 Å². The number of ether oxygens (including phenoxy) is 1. The lowest BCUT2D eigenvalue weighted by atomic mass is 10.0. The number of fused-ring (bicyclic) bond motifs is 1. The van der Waals surface area contributed by atoms with E-state index >= 15 is 0 Å². The molecule has 1 aliphatic heterocycles. The molecule has 0 spiro atoms. The van der Waals surface area contributed by atoms with E-state index in [0.717, 1.165) is 27.5 Å². The van der Waals surface area contributed by atoms with Crippen molar-refractivity contribution in [3.63, 3.8) is 0 Å². The van der Waals surface area contributed by atoms with Crippen LogP contribution in [0.25, 0.3) is 11.8 Å². The Balaban J connectivity index is 1.67. The van der Waals surface area contributed by atoms with Crippen LogP contribution in [0.1, 0.15) is 41.7 Å². The van der Waals surface area contributed by atoms with Gasteiger partial charge in [-0.25, -0.2) is 9.79 Å². The van der Waals surface area contributed by atoms with Crippen LogP contribution < -0.4 is 14.9 Å². The average molecular weight is 538 g/mol. The van der Waals surface area contributed by atoms with Crippen LogP contribution in [0.4, 0.5) is 0 Å². The van der Waals surface area contributed by atoms with E-state index < -0.39 is 12.0 Å². The number of esters is 1. The molecule has 0 bridgehead atoms. The summed E-state index contributed by atoms with van der Waals surface area (Å²) < 4.78 is 9.66. The molecule has 0 radical (unpaired) electrons. The lowest BCUT2D eigenvalue weighted by Crippen LogP contribution is -2.39. The molecule has 4 heterocycles. The molecule has 0 saturated carbocycles. The Kier molecular flexibility index (Phi) is 6.59. The highest BCUT2D eigenvalue weighted by atomic mass is 35.5. The minimum atomic E-state index is -0.566. The van der Waals surface area contributed by atoms with Crippen LogP contribution in [-0.2, 0) is 9.53 Å². The number of thiazole rings is 1. The summed E-state index contributed by atoms with van der Waals surface area (Å²) in [6, 6.07) is 13.0. The first-order chi connectivity index (χ1) is 17.3. The largest absolute Gasteiger partial charge is 0.463 e. The average Bonchev–Trinajstić information content (AvgIpc) is 3.54. The Morgan fingerprint density at radius 3 is 2.61 bits per heavy atom. The van der Waals surface area contributed by atoms with Gasteiger partial charge in [-0.15, -0.1) is 11.3 Å². The summed E-state index contributed by atoms with van der Waals surface area (Å²) in [4.78, 5) is 32.8. The minimum Gasteiger partial charge on any atom is -0.463 e. The van der Waals surface area contributed by atoms with Gasteiger partial charge >= 0.3 is 5.97 Å². The summed E-state index contributed by atoms with van der Waals surface area (Å²) in [5, 5.41) is 2.62. The molecule has 1 atom stereocenters. The van der Waals surface area contributed by atoms with Crippen molar-refractivity contribution in [1.29, 1.82) is 0 Å². The molecule has 0 N–H and O–H groups in total. The van der Waals surface area contributed by atoms with Gasteiger partial charge in [-0.2, -0.15) is 0 Å². The highest BCUT2D eigenvalue weighted by molar-refractivity contribution is 7.10. The van der Waals surface area contributed by atoms with Crippen molar-refractivity contribution in [2.24, 2.45) is 4.99 Å². The molecule has 0 amide bonds. The SMILES string of the molecule is CCOC(=O)C1=C(C)N=c2s/c(=C/c3cc(C)n(-c4ccc(Cl)cc4)c3C)c(=O)n2[C@@H]1c1cccs1. The zero-order chi connectivity index (χ0) is 25.6. The van der Waals surface area contributed by atoms with Crippen molar-refractivity contribution in [3.8, 4) is 5.69 Å². The topological polar surface area (TPSA) is 65.6 Å². The Labute approximate surface area is 221 Å². The monoisotopic (exact) mass is 537 g/mol. The van der Waals surface area contributed by atoms with E-state index in [1.54, 1.807) is 18.4 Å². The van der Waals surface area contributed by atoms with Gasteiger partial charge in [-0.05, 0) is 81.1 Å². The summed E-state index contributed by atoms with van der Waals surface area (Å²) >= 11 is 8.90. The summed E-state index contributed by atoms with van der Waals surface area (Å²) in [7, 11) is 0. The maximum Gasteiger partial charge on any atom is 0.338 e. The third-order valence-corrected chi connectivity index (χ3v) is 8.33. The number of aryl methyl sites for hydroxylation is 1. The van der Waals surface area contributed by atoms with Gasteiger partial charge in [0.2, 0.25) is 0 Å². The molecule has 1 aromatic carbocycles. The predicted octanol–water partition coefficient (Wildman–Crippen LogP) is 4.92. The van der Waals surface area contributed by atoms with Crippen molar-refractivity contribution in [2.75, 3.05) is 6.61 Å². The number of carbonyl (C=O) groups excluding carboxylic acids is 1. The number of rotatable bonds is 5. The van der Waals surface area contributed by atoms with Crippen LogP contribution >= 0.6 is 34.3 Å². The molecule has 6 nitrogen and oxygen atoms in total. The second kappa shape index (κ2) is 9.69. The number of halogens is 1. The Bertz CT molecular complexity index is 1670. The van der Waals surface area contributed by atoms with Gasteiger partial charge in [-0.3, -0.25) is 9.36 Å². The molecule has 5 rings (SSSR count). The van der Waals surface area contributed by atoms with E-state index in [1.807, 2.05) is 61.7 Å². The number of thiophene rings is 1. The molecule has 0 fully saturated rings. The van der Waals surface area contributed by atoms with E-state index in [1.165, 1.54) is 22.7 Å². The molecule has 36 heavy (non-hydrogen) atoms. The molecule has 3 aromatic heterocycles. The van der Waals surface area contributed by atoms with E-state index in [-0.39, 0.29) is 12.2 Å². The molecule has 0 aliphatic carbocycles. The third-order valence-electron chi connectivity index (χ3n) is 6.17. The van der Waals surface area contributed by atoms with Crippen molar-refractivity contribution in [2.45, 2.75) is 33.7 Å². The minimum absolute atomic E-state index is 0.178. The van der Waals surface area contributed by atoms with Crippen molar-refractivity contribution in [3.05, 3.63) is 106 Å². The summed E-state index contributed by atoms with van der Waals surface area (Å²) in [5.74, 6) is -0.446. The lowest BCUT2D eigenvalue weighted by molar-refractivity contribution is -0.139. The lowest BCUT2D eigenvalue weighted by Gasteiger charge is -2.23. The second-order valence-corrected chi connectivity index (χ2v) is 10.9. The van der Waals surface area contributed by atoms with Gasteiger partial charge in [0.05, 0.1) is 22.4 Å². The number of hydrogen-bond donors (Lipinski definition) is 0. The maximum atomic E-state index is 13.8. The summed E-state index contributed by atoms with van der Waals surface area (Å²) in [5.41, 5.74) is 4.80. The van der Waals surface area contributed by atoms with Crippen molar-refractivity contribution >= 4 is 46.3 Å². The number of aromatic nitrogens is 2. The molecular formula is C27H24ClN3O3S2. The smallest absolute Gasteiger partial charge is 0.338 e. The fourth-order valence-corrected chi connectivity index (χ4v) is 6.56. The summed E-state index contributed by atoms with van der Waals surface area (Å²) in [6.07, 6.45) is 1.91. The quantitative estimate of drug-likeness (QED) is 0.339. The number of hydrogen-bond acceptors (Lipinski definition) is 6. The third kappa shape index (κ3) is 4.19. The molecule has 9 heteroatoms. The fraction of sp³-hybridized carbons (Fsp3) is 0.222. The molecule has 184 valence electrons.